The summed E-state index contributed by atoms with van der Waals surface area (Å²) >= 11 is 0. The van der Waals surface area contributed by atoms with Gasteiger partial charge >= 0.3 is 5.97 Å². The van der Waals surface area contributed by atoms with E-state index in [1.165, 1.54) is 6.20 Å². The topological polar surface area (TPSA) is 135 Å². The second kappa shape index (κ2) is 6.12. The fourth-order valence-corrected chi connectivity index (χ4v) is 1.31. The molecule has 7 heteroatoms. The number of Topliss-reactive ketones (excluding diaryl/α,β-unsaturated/α-hetero) is 1. The number of aliphatic carboxylic acids is 1. The van der Waals surface area contributed by atoms with Crippen LogP contribution in [0.15, 0.2) is 6.20 Å². The Morgan fingerprint density at radius 3 is 2.82 bits per heavy atom. The molecule has 0 aliphatic carbocycles. The smallest absolute Gasteiger partial charge is 0.320 e. The van der Waals surface area contributed by atoms with Crippen molar-refractivity contribution in [1.82, 2.24) is 9.97 Å². The van der Waals surface area contributed by atoms with Crippen molar-refractivity contribution < 1.29 is 14.7 Å². The molecular weight excluding hydrogens is 224 g/mol. The van der Waals surface area contributed by atoms with Crippen LogP contribution < -0.4 is 11.5 Å². The molecule has 0 amide bonds. The zero-order chi connectivity index (χ0) is 12.8. The van der Waals surface area contributed by atoms with Crippen LogP contribution in [0, 0.1) is 0 Å². The van der Waals surface area contributed by atoms with Gasteiger partial charge in [-0.25, -0.2) is 4.98 Å². The molecule has 1 rings (SSSR count). The number of hydrogen-bond donors (Lipinski definition) is 4. The van der Waals surface area contributed by atoms with E-state index in [2.05, 4.69) is 9.97 Å². The minimum absolute atomic E-state index is 0.118. The van der Waals surface area contributed by atoms with Gasteiger partial charge in [-0.15, -0.1) is 0 Å². The van der Waals surface area contributed by atoms with Crippen molar-refractivity contribution in [3.05, 3.63) is 17.7 Å². The van der Waals surface area contributed by atoms with Crippen molar-refractivity contribution >= 4 is 11.8 Å². The summed E-state index contributed by atoms with van der Waals surface area (Å²) in [4.78, 5) is 28.7. The molecule has 0 bridgehead atoms. The summed E-state index contributed by atoms with van der Waals surface area (Å²) in [5.74, 6) is -0.993. The van der Waals surface area contributed by atoms with Gasteiger partial charge in [0.2, 0.25) is 0 Å². The number of nitrogens with two attached hydrogens (primary N) is 2. The molecule has 0 aliphatic heterocycles. The van der Waals surface area contributed by atoms with E-state index in [1.54, 1.807) is 0 Å². The Morgan fingerprint density at radius 2 is 2.24 bits per heavy atom. The predicted octanol–water partition coefficient (Wildman–Crippen LogP) is -0.714. The normalized spacial score (nSPS) is 12.4. The average Bonchev–Trinajstić information content (AvgIpc) is 2.74. The SMILES string of the molecule is NCCCC(=O)c1ncc(C[C@H](N)C(=O)O)[nH]1. The molecule has 0 unspecified atom stereocenters. The van der Waals surface area contributed by atoms with E-state index in [9.17, 15) is 9.59 Å². The maximum Gasteiger partial charge on any atom is 0.320 e. The number of aromatic nitrogens is 2. The monoisotopic (exact) mass is 240 g/mol. The number of carboxylic acid groups (broad SMARTS) is 1. The Balaban J connectivity index is 2.58. The highest BCUT2D eigenvalue weighted by molar-refractivity contribution is 5.92. The zero-order valence-electron chi connectivity index (χ0n) is 9.35. The highest BCUT2D eigenvalue weighted by Crippen LogP contribution is 2.04. The summed E-state index contributed by atoms with van der Waals surface area (Å²) in [6.45, 7) is 0.448. The van der Waals surface area contributed by atoms with Crippen molar-refractivity contribution in [2.45, 2.75) is 25.3 Å². The Morgan fingerprint density at radius 1 is 1.53 bits per heavy atom. The number of imidazole rings is 1. The molecule has 6 N–H and O–H groups in total. The van der Waals surface area contributed by atoms with Crippen LogP contribution in [0.5, 0.6) is 0 Å². The Hall–Kier alpha value is -1.73. The number of H-pyrrole nitrogens is 1. The molecule has 7 nitrogen and oxygen atoms in total. The molecular formula is C10H16N4O3. The van der Waals surface area contributed by atoms with Gasteiger partial charge in [0.05, 0.1) is 0 Å². The summed E-state index contributed by atoms with van der Waals surface area (Å²) in [6, 6.07) is -0.998. The van der Waals surface area contributed by atoms with Gasteiger partial charge in [0.15, 0.2) is 11.6 Å². The molecule has 0 aromatic carbocycles. The van der Waals surface area contributed by atoms with Crippen LogP contribution in [-0.4, -0.2) is 39.4 Å². The first-order valence-corrected chi connectivity index (χ1v) is 5.30. The molecule has 0 saturated heterocycles. The second-order valence-electron chi connectivity index (χ2n) is 3.72. The van der Waals surface area contributed by atoms with Crippen molar-refractivity contribution in [3.63, 3.8) is 0 Å². The highest BCUT2D eigenvalue weighted by atomic mass is 16.4. The van der Waals surface area contributed by atoms with Crippen LogP contribution in [0.1, 0.15) is 29.2 Å². The van der Waals surface area contributed by atoms with Crippen molar-refractivity contribution in [2.75, 3.05) is 6.54 Å². The lowest BCUT2D eigenvalue weighted by molar-refractivity contribution is -0.138. The van der Waals surface area contributed by atoms with Crippen LogP contribution in [-0.2, 0) is 11.2 Å². The standard InChI is InChI=1S/C10H16N4O3/c11-3-1-2-8(15)9-13-5-6(14-9)4-7(12)10(16)17/h5,7H,1-4,11-12H2,(H,13,14)(H,16,17)/t7-/m0/s1. The maximum absolute atomic E-state index is 11.5. The predicted molar refractivity (Wildman–Crippen MR) is 60.5 cm³/mol. The molecule has 1 atom stereocenters. The summed E-state index contributed by atoms with van der Waals surface area (Å²) in [5.41, 5.74) is 11.2. The molecule has 94 valence electrons. The van der Waals surface area contributed by atoms with Gasteiger partial charge in [-0.2, -0.15) is 0 Å². The summed E-state index contributed by atoms with van der Waals surface area (Å²) < 4.78 is 0. The molecule has 0 fully saturated rings. The number of hydrogen-bond acceptors (Lipinski definition) is 5. The van der Waals surface area contributed by atoms with E-state index in [1.807, 2.05) is 0 Å². The first-order chi connectivity index (χ1) is 8.04. The number of carbonyl (C=O) groups is 2. The zero-order valence-corrected chi connectivity index (χ0v) is 9.35. The number of nitrogens with one attached hydrogen (secondary N) is 1. The van der Waals surface area contributed by atoms with E-state index in [4.69, 9.17) is 16.6 Å². The molecule has 1 heterocycles. The van der Waals surface area contributed by atoms with Gasteiger partial charge in [-0.3, -0.25) is 9.59 Å². The first-order valence-electron chi connectivity index (χ1n) is 5.30. The van der Waals surface area contributed by atoms with Crippen LogP contribution in [0.25, 0.3) is 0 Å². The lowest BCUT2D eigenvalue weighted by Gasteiger charge is -2.02. The van der Waals surface area contributed by atoms with Gasteiger partial charge in [0.25, 0.3) is 0 Å². The van der Waals surface area contributed by atoms with Crippen LogP contribution in [0.4, 0.5) is 0 Å². The summed E-state index contributed by atoms with van der Waals surface area (Å²) in [6.07, 6.45) is 2.48. The molecule has 1 aromatic heterocycles. The van der Waals surface area contributed by atoms with Crippen LogP contribution in [0.3, 0.4) is 0 Å². The van der Waals surface area contributed by atoms with E-state index >= 15 is 0 Å². The van der Waals surface area contributed by atoms with Gasteiger partial charge < -0.3 is 21.6 Å². The highest BCUT2D eigenvalue weighted by Gasteiger charge is 2.15. The maximum atomic E-state index is 11.5. The Labute approximate surface area is 98.2 Å². The summed E-state index contributed by atoms with van der Waals surface area (Å²) in [7, 11) is 0. The van der Waals surface area contributed by atoms with Gasteiger partial charge in [-0.1, -0.05) is 0 Å². The molecule has 0 spiro atoms. The number of aromatic amines is 1. The fourth-order valence-electron chi connectivity index (χ4n) is 1.31. The quantitative estimate of drug-likeness (QED) is 0.465. The van der Waals surface area contributed by atoms with Crippen LogP contribution in [0.2, 0.25) is 0 Å². The van der Waals surface area contributed by atoms with Gasteiger partial charge in [-0.05, 0) is 13.0 Å². The lowest BCUT2D eigenvalue weighted by Crippen LogP contribution is -2.32. The minimum Gasteiger partial charge on any atom is -0.480 e. The van der Waals surface area contributed by atoms with Crippen molar-refractivity contribution in [2.24, 2.45) is 11.5 Å². The molecule has 0 radical (unpaired) electrons. The first kappa shape index (κ1) is 13.3. The third-order valence-electron chi connectivity index (χ3n) is 2.26. The third-order valence-corrected chi connectivity index (χ3v) is 2.26. The second-order valence-corrected chi connectivity index (χ2v) is 3.72. The number of carboxylic acids is 1. The van der Waals surface area contributed by atoms with E-state index in [0.717, 1.165) is 0 Å². The lowest BCUT2D eigenvalue weighted by atomic mass is 10.2. The van der Waals surface area contributed by atoms with E-state index in [0.29, 0.717) is 25.1 Å². The van der Waals surface area contributed by atoms with Crippen molar-refractivity contribution in [3.8, 4) is 0 Å². The number of ketones is 1. The van der Waals surface area contributed by atoms with E-state index < -0.39 is 12.0 Å². The largest absolute Gasteiger partial charge is 0.480 e. The Bertz CT molecular complexity index is 402. The van der Waals surface area contributed by atoms with Crippen LogP contribution >= 0.6 is 0 Å². The fraction of sp³-hybridized carbons (Fsp3) is 0.500. The number of carbonyl (C=O) groups excluding carboxylic acids is 1. The molecule has 1 aromatic rings. The minimum atomic E-state index is -1.09. The summed E-state index contributed by atoms with van der Waals surface area (Å²) in [5, 5.41) is 8.64. The van der Waals surface area contributed by atoms with Gasteiger partial charge in [0.1, 0.15) is 6.04 Å². The van der Waals surface area contributed by atoms with Gasteiger partial charge in [0, 0.05) is 24.7 Å². The van der Waals surface area contributed by atoms with Crippen molar-refractivity contribution in [1.29, 1.82) is 0 Å². The number of rotatable bonds is 7. The molecule has 0 aliphatic rings. The Kier molecular flexibility index (Phi) is 4.80. The number of nitrogens with zero attached hydrogens (tertiary/aromatic N) is 1. The average molecular weight is 240 g/mol. The third kappa shape index (κ3) is 3.97. The van der Waals surface area contributed by atoms with E-state index in [-0.39, 0.29) is 18.0 Å². The molecule has 0 saturated carbocycles. The molecule has 17 heavy (non-hydrogen) atoms.